The molecule has 2 N–H and O–H groups in total. The van der Waals surface area contributed by atoms with Gasteiger partial charge in [0.25, 0.3) is 11.4 Å². The summed E-state index contributed by atoms with van der Waals surface area (Å²) >= 11 is 0. The van der Waals surface area contributed by atoms with Crippen LogP contribution in [0, 0.1) is 20.2 Å². The third-order valence-corrected chi connectivity index (χ3v) is 8.06. The number of hydrogen-bond donors (Lipinski definition) is 2. The highest BCUT2D eigenvalue weighted by molar-refractivity contribution is 7.90. The molecule has 2 atom stereocenters. The van der Waals surface area contributed by atoms with Gasteiger partial charge in [0.1, 0.15) is 5.54 Å². The van der Waals surface area contributed by atoms with Crippen molar-refractivity contribution >= 4 is 37.4 Å². The quantitative estimate of drug-likeness (QED) is 0.261. The van der Waals surface area contributed by atoms with Crippen molar-refractivity contribution in [1.82, 2.24) is 9.44 Å². The maximum absolute atomic E-state index is 13.0. The maximum atomic E-state index is 13.0. The van der Waals surface area contributed by atoms with Crippen molar-refractivity contribution in [1.29, 1.82) is 0 Å². The number of carbonyl (C=O) groups excluding carboxylic acids is 1. The summed E-state index contributed by atoms with van der Waals surface area (Å²) in [4.78, 5) is 31.7. The number of benzene rings is 2. The molecule has 2 aromatic carbocycles. The highest BCUT2D eigenvalue weighted by Crippen LogP contribution is 2.27. The number of methoxy groups -OCH3 is 1. The van der Waals surface area contributed by atoms with E-state index in [1.54, 1.807) is 0 Å². The molecule has 0 saturated heterocycles. The molecule has 0 unspecified atom stereocenters. The van der Waals surface area contributed by atoms with E-state index in [0.29, 0.717) is 0 Å². The van der Waals surface area contributed by atoms with Gasteiger partial charge in [-0.1, -0.05) is 24.3 Å². The third kappa shape index (κ3) is 5.36. The Bertz CT molecular complexity index is 1340. The summed E-state index contributed by atoms with van der Waals surface area (Å²) < 4.78 is 60.4. The Labute approximate surface area is 194 Å². The summed E-state index contributed by atoms with van der Waals surface area (Å²) in [5.41, 5.74) is -3.86. The molecule has 2 rings (SSSR count). The van der Waals surface area contributed by atoms with Gasteiger partial charge in [0.15, 0.2) is 9.79 Å². The standard InChI is InChI=1S/C18H20N4O10S2/c1-12(19-33(28,29)15-10-6-4-8-13(15)21(24)25)18(2,17(23)32-3)20-34(30,31)16-11-7-5-9-14(16)22(26)27/h4-12,19-20H,1-3H3/t12-,18+/m0/s1. The molecule has 0 radical (unpaired) electrons. The smallest absolute Gasteiger partial charge is 0.328 e. The normalized spacial score (nSPS) is 14.6. The van der Waals surface area contributed by atoms with E-state index in [1.807, 2.05) is 9.44 Å². The number of nitro benzene ring substituents is 2. The molecular weight excluding hydrogens is 496 g/mol. The van der Waals surface area contributed by atoms with E-state index < -0.39 is 68.6 Å². The van der Waals surface area contributed by atoms with Gasteiger partial charge in [-0.2, -0.15) is 4.72 Å². The van der Waals surface area contributed by atoms with Crippen LogP contribution in [-0.2, 0) is 29.6 Å². The molecule has 34 heavy (non-hydrogen) atoms. The summed E-state index contributed by atoms with van der Waals surface area (Å²) in [6, 6.07) is 7.14. The molecule has 0 aromatic heterocycles. The van der Waals surface area contributed by atoms with E-state index in [-0.39, 0.29) is 0 Å². The largest absolute Gasteiger partial charge is 0.468 e. The Morgan fingerprint density at radius 1 is 0.912 bits per heavy atom. The third-order valence-electron chi connectivity index (χ3n) is 4.86. The van der Waals surface area contributed by atoms with Crippen LogP contribution in [0.1, 0.15) is 13.8 Å². The predicted molar refractivity (Wildman–Crippen MR) is 117 cm³/mol. The van der Waals surface area contributed by atoms with E-state index in [9.17, 15) is 41.9 Å². The maximum Gasteiger partial charge on any atom is 0.328 e. The molecule has 0 saturated carbocycles. The lowest BCUT2D eigenvalue weighted by Crippen LogP contribution is -2.64. The van der Waals surface area contributed by atoms with Gasteiger partial charge in [-0.3, -0.25) is 20.2 Å². The van der Waals surface area contributed by atoms with Gasteiger partial charge < -0.3 is 4.74 Å². The fourth-order valence-corrected chi connectivity index (χ4v) is 6.05. The molecule has 16 heteroatoms. The zero-order valence-corrected chi connectivity index (χ0v) is 19.6. The van der Waals surface area contributed by atoms with Gasteiger partial charge in [-0.25, -0.2) is 26.4 Å². The molecule has 0 fully saturated rings. The summed E-state index contributed by atoms with van der Waals surface area (Å²) in [5, 5.41) is 22.5. The minimum absolute atomic E-state index is 0.722. The van der Waals surface area contributed by atoms with Crippen LogP contribution in [0.5, 0.6) is 0 Å². The van der Waals surface area contributed by atoms with Gasteiger partial charge in [0, 0.05) is 18.2 Å². The summed E-state index contributed by atoms with van der Waals surface area (Å²) in [7, 11) is -8.50. The van der Waals surface area contributed by atoms with Gasteiger partial charge in [-0.05, 0) is 26.0 Å². The number of para-hydroxylation sites is 2. The molecule has 0 amide bonds. The Kier molecular flexibility index (Phi) is 7.72. The molecule has 0 aliphatic rings. The number of nitrogens with zero attached hydrogens (tertiary/aromatic N) is 2. The summed E-state index contributed by atoms with van der Waals surface area (Å²) in [6.07, 6.45) is 0. The average molecular weight is 517 g/mol. The lowest BCUT2D eigenvalue weighted by atomic mass is 9.96. The highest BCUT2D eigenvalue weighted by atomic mass is 32.2. The Balaban J connectivity index is 2.53. The highest BCUT2D eigenvalue weighted by Gasteiger charge is 2.47. The van der Waals surface area contributed by atoms with Gasteiger partial charge >= 0.3 is 5.97 Å². The van der Waals surface area contributed by atoms with Crippen molar-refractivity contribution in [3.63, 3.8) is 0 Å². The van der Waals surface area contributed by atoms with Gasteiger partial charge in [0.05, 0.1) is 17.0 Å². The predicted octanol–water partition coefficient (Wildman–Crippen LogP) is 1.08. The number of rotatable bonds is 10. The molecule has 184 valence electrons. The van der Waals surface area contributed by atoms with E-state index in [0.717, 1.165) is 45.2 Å². The SMILES string of the molecule is COC(=O)[C@](C)(NS(=O)(=O)c1ccccc1[N+](=O)[O-])[C@H](C)NS(=O)(=O)c1ccccc1[N+](=O)[O-]. The van der Waals surface area contributed by atoms with Crippen molar-refractivity contribution in [2.24, 2.45) is 0 Å². The lowest BCUT2D eigenvalue weighted by molar-refractivity contribution is -0.388. The first-order valence-corrected chi connectivity index (χ1v) is 12.3. The molecule has 0 aliphatic heterocycles. The molecule has 14 nitrogen and oxygen atoms in total. The zero-order valence-electron chi connectivity index (χ0n) is 18.0. The van der Waals surface area contributed by atoms with Crippen molar-refractivity contribution in [3.8, 4) is 0 Å². The first kappa shape index (κ1) is 26.8. The number of ether oxygens (including phenoxy) is 1. The fourth-order valence-electron chi connectivity index (χ4n) is 2.94. The molecular formula is C18H20N4O10S2. The zero-order chi connectivity index (χ0) is 25.9. The van der Waals surface area contributed by atoms with Gasteiger partial charge in [0.2, 0.25) is 20.0 Å². The number of sulfonamides is 2. The second kappa shape index (κ2) is 9.80. The van der Waals surface area contributed by atoms with E-state index in [2.05, 4.69) is 4.74 Å². The van der Waals surface area contributed by atoms with Crippen LogP contribution < -0.4 is 9.44 Å². The van der Waals surface area contributed by atoms with Crippen LogP contribution >= 0.6 is 0 Å². The van der Waals surface area contributed by atoms with Crippen LogP contribution in [0.25, 0.3) is 0 Å². The van der Waals surface area contributed by atoms with Crippen LogP contribution in [0.2, 0.25) is 0 Å². The van der Waals surface area contributed by atoms with Crippen LogP contribution in [-0.4, -0.2) is 51.3 Å². The first-order chi connectivity index (χ1) is 15.7. The molecule has 0 heterocycles. The van der Waals surface area contributed by atoms with Crippen LogP contribution in [0.3, 0.4) is 0 Å². The van der Waals surface area contributed by atoms with E-state index >= 15 is 0 Å². The number of nitro groups is 2. The first-order valence-electron chi connectivity index (χ1n) is 9.29. The minimum atomic E-state index is -4.77. The number of esters is 1. The number of hydrogen-bond acceptors (Lipinski definition) is 10. The monoisotopic (exact) mass is 516 g/mol. The van der Waals surface area contributed by atoms with Crippen molar-refractivity contribution < 1.29 is 36.2 Å². The van der Waals surface area contributed by atoms with Crippen LogP contribution in [0.15, 0.2) is 58.3 Å². The second-order valence-electron chi connectivity index (χ2n) is 7.09. The topological polar surface area (TPSA) is 205 Å². The van der Waals surface area contributed by atoms with Crippen LogP contribution in [0.4, 0.5) is 11.4 Å². The minimum Gasteiger partial charge on any atom is -0.468 e. The van der Waals surface area contributed by atoms with Crippen molar-refractivity contribution in [2.75, 3.05) is 7.11 Å². The average Bonchev–Trinajstić information content (AvgIpc) is 2.77. The number of nitrogens with one attached hydrogen (secondary N) is 2. The molecule has 0 aliphatic carbocycles. The van der Waals surface area contributed by atoms with E-state index in [4.69, 9.17) is 0 Å². The molecule has 0 spiro atoms. The Morgan fingerprint density at radius 2 is 1.32 bits per heavy atom. The van der Waals surface area contributed by atoms with Gasteiger partial charge in [-0.15, -0.1) is 0 Å². The van der Waals surface area contributed by atoms with Crippen molar-refractivity contribution in [3.05, 3.63) is 68.8 Å². The Morgan fingerprint density at radius 3 is 1.74 bits per heavy atom. The summed E-state index contributed by atoms with van der Waals surface area (Å²) in [6.45, 7) is 2.11. The van der Waals surface area contributed by atoms with Crippen molar-refractivity contribution in [2.45, 2.75) is 35.2 Å². The molecule has 2 aromatic rings. The van der Waals surface area contributed by atoms with E-state index in [1.165, 1.54) is 24.3 Å². The second-order valence-corrected chi connectivity index (χ2v) is 10.4. The number of carbonyl (C=O) groups is 1. The summed E-state index contributed by atoms with van der Waals surface area (Å²) in [5.74, 6) is -1.23. The Hall–Kier alpha value is -3.47. The fraction of sp³-hybridized carbons (Fsp3) is 0.278. The molecule has 0 bridgehead atoms. The lowest BCUT2D eigenvalue weighted by Gasteiger charge is -2.33.